The Morgan fingerprint density at radius 2 is 1.89 bits per heavy atom. The van der Waals surface area contributed by atoms with Crippen LogP contribution in [0.5, 0.6) is 0 Å². The lowest BCUT2D eigenvalue weighted by Gasteiger charge is -2.41. The Morgan fingerprint density at radius 1 is 1.21 bits per heavy atom. The van der Waals surface area contributed by atoms with Gasteiger partial charge in [0.15, 0.2) is 0 Å². The van der Waals surface area contributed by atoms with Crippen molar-refractivity contribution in [2.45, 2.75) is 33.2 Å². The lowest BCUT2D eigenvalue weighted by atomic mass is 9.86. The standard InChI is InChI=1S/C16H25BrN2/c1-12-10-13(2)14(3)19(11-12)9-8-18-16-6-4-15(17)5-7-16/h4-7,12-14,18H,8-11H2,1-3H3. The molecule has 0 bridgehead atoms. The summed E-state index contributed by atoms with van der Waals surface area (Å²) in [4.78, 5) is 2.63. The van der Waals surface area contributed by atoms with Crippen LogP contribution in [-0.2, 0) is 0 Å². The molecule has 3 atom stereocenters. The molecule has 1 saturated heterocycles. The van der Waals surface area contributed by atoms with Crippen molar-refractivity contribution in [1.82, 2.24) is 4.90 Å². The van der Waals surface area contributed by atoms with Gasteiger partial charge in [0.05, 0.1) is 0 Å². The number of piperidine rings is 1. The SMILES string of the molecule is CC1CC(C)C(C)N(CCNc2ccc(Br)cc2)C1. The van der Waals surface area contributed by atoms with E-state index in [0.717, 1.165) is 29.4 Å². The highest BCUT2D eigenvalue weighted by molar-refractivity contribution is 9.10. The van der Waals surface area contributed by atoms with Crippen molar-refractivity contribution in [3.8, 4) is 0 Å². The van der Waals surface area contributed by atoms with E-state index in [-0.39, 0.29) is 0 Å². The molecule has 1 N–H and O–H groups in total. The van der Waals surface area contributed by atoms with Gasteiger partial charge in [0.25, 0.3) is 0 Å². The average molecular weight is 325 g/mol. The summed E-state index contributed by atoms with van der Waals surface area (Å²) in [6.45, 7) is 10.5. The highest BCUT2D eigenvalue weighted by atomic mass is 79.9. The van der Waals surface area contributed by atoms with Crippen LogP contribution >= 0.6 is 15.9 Å². The maximum Gasteiger partial charge on any atom is 0.0341 e. The van der Waals surface area contributed by atoms with Crippen LogP contribution in [-0.4, -0.2) is 30.6 Å². The Morgan fingerprint density at radius 3 is 2.58 bits per heavy atom. The minimum absolute atomic E-state index is 0.711. The first-order valence-corrected chi connectivity index (χ1v) is 8.09. The van der Waals surface area contributed by atoms with Crippen molar-refractivity contribution in [3.63, 3.8) is 0 Å². The molecule has 1 aromatic rings. The molecule has 0 radical (unpaired) electrons. The molecule has 1 fully saturated rings. The maximum absolute atomic E-state index is 3.51. The molecule has 0 aliphatic carbocycles. The largest absolute Gasteiger partial charge is 0.384 e. The number of anilines is 1. The molecule has 1 heterocycles. The van der Waals surface area contributed by atoms with E-state index in [9.17, 15) is 0 Å². The Balaban J connectivity index is 1.80. The number of likely N-dealkylation sites (tertiary alicyclic amines) is 1. The molecule has 0 aromatic heterocycles. The number of halogens is 1. The molecule has 3 unspecified atom stereocenters. The Bertz CT molecular complexity index is 390. The molecular weight excluding hydrogens is 300 g/mol. The second kappa shape index (κ2) is 6.76. The first-order chi connectivity index (χ1) is 9.06. The van der Waals surface area contributed by atoms with Crippen LogP contribution in [0.3, 0.4) is 0 Å². The van der Waals surface area contributed by atoms with Gasteiger partial charge >= 0.3 is 0 Å². The first-order valence-electron chi connectivity index (χ1n) is 7.29. The third kappa shape index (κ3) is 4.22. The van der Waals surface area contributed by atoms with E-state index < -0.39 is 0 Å². The summed E-state index contributed by atoms with van der Waals surface area (Å²) in [6, 6.07) is 9.11. The summed E-state index contributed by atoms with van der Waals surface area (Å²) in [7, 11) is 0. The number of nitrogens with zero attached hydrogens (tertiary/aromatic N) is 1. The van der Waals surface area contributed by atoms with Gasteiger partial charge < -0.3 is 5.32 Å². The average Bonchev–Trinajstić information content (AvgIpc) is 2.37. The van der Waals surface area contributed by atoms with E-state index in [1.165, 1.54) is 18.7 Å². The molecule has 2 nitrogen and oxygen atoms in total. The topological polar surface area (TPSA) is 15.3 Å². The molecular formula is C16H25BrN2. The Kier molecular flexibility index (Phi) is 5.28. The Hall–Kier alpha value is -0.540. The summed E-state index contributed by atoms with van der Waals surface area (Å²) in [6.07, 6.45) is 1.37. The van der Waals surface area contributed by atoms with Gasteiger partial charge in [-0.1, -0.05) is 29.8 Å². The van der Waals surface area contributed by atoms with Gasteiger partial charge in [0.2, 0.25) is 0 Å². The fourth-order valence-corrected chi connectivity index (χ4v) is 3.30. The normalized spacial score (nSPS) is 28.3. The lowest BCUT2D eigenvalue weighted by molar-refractivity contribution is 0.0839. The van der Waals surface area contributed by atoms with Gasteiger partial charge in [-0.3, -0.25) is 4.90 Å². The monoisotopic (exact) mass is 324 g/mol. The first kappa shape index (κ1) is 14.9. The minimum Gasteiger partial charge on any atom is -0.384 e. The van der Waals surface area contributed by atoms with Crippen LogP contribution in [0.2, 0.25) is 0 Å². The van der Waals surface area contributed by atoms with Gasteiger partial charge in [0, 0.05) is 35.8 Å². The van der Waals surface area contributed by atoms with Crippen molar-refractivity contribution in [2.24, 2.45) is 11.8 Å². The molecule has 1 aliphatic rings. The van der Waals surface area contributed by atoms with Crippen LogP contribution in [0.4, 0.5) is 5.69 Å². The fourth-order valence-electron chi connectivity index (χ4n) is 3.04. The highest BCUT2D eigenvalue weighted by Gasteiger charge is 2.27. The molecule has 3 heteroatoms. The number of hydrogen-bond acceptors (Lipinski definition) is 2. The summed E-state index contributed by atoms with van der Waals surface area (Å²) in [5.74, 6) is 1.65. The zero-order chi connectivity index (χ0) is 13.8. The molecule has 19 heavy (non-hydrogen) atoms. The predicted molar refractivity (Wildman–Crippen MR) is 86.6 cm³/mol. The number of rotatable bonds is 4. The predicted octanol–water partition coefficient (Wildman–Crippen LogP) is 4.23. The van der Waals surface area contributed by atoms with Crippen LogP contribution < -0.4 is 5.32 Å². The molecule has 1 aliphatic heterocycles. The van der Waals surface area contributed by atoms with E-state index in [1.54, 1.807) is 0 Å². The van der Waals surface area contributed by atoms with Gasteiger partial charge in [-0.05, 0) is 49.4 Å². The highest BCUT2D eigenvalue weighted by Crippen LogP contribution is 2.26. The van der Waals surface area contributed by atoms with Crippen molar-refractivity contribution in [2.75, 3.05) is 25.0 Å². The number of benzene rings is 1. The molecule has 2 rings (SSSR count). The summed E-state index contributed by atoms with van der Waals surface area (Å²) >= 11 is 3.46. The van der Waals surface area contributed by atoms with Crippen molar-refractivity contribution >= 4 is 21.6 Å². The van der Waals surface area contributed by atoms with Gasteiger partial charge in [-0.25, -0.2) is 0 Å². The zero-order valence-corrected chi connectivity index (χ0v) is 13.8. The van der Waals surface area contributed by atoms with E-state index in [2.05, 4.69) is 71.2 Å². The molecule has 1 aromatic carbocycles. The third-order valence-electron chi connectivity index (χ3n) is 4.29. The van der Waals surface area contributed by atoms with Crippen LogP contribution in [0, 0.1) is 11.8 Å². The molecule has 106 valence electrons. The van der Waals surface area contributed by atoms with E-state index in [4.69, 9.17) is 0 Å². The smallest absolute Gasteiger partial charge is 0.0341 e. The van der Waals surface area contributed by atoms with E-state index >= 15 is 0 Å². The van der Waals surface area contributed by atoms with E-state index in [1.807, 2.05) is 0 Å². The van der Waals surface area contributed by atoms with Crippen molar-refractivity contribution < 1.29 is 0 Å². The van der Waals surface area contributed by atoms with Crippen LogP contribution in [0.15, 0.2) is 28.7 Å². The second-order valence-corrected chi connectivity index (χ2v) is 6.90. The zero-order valence-electron chi connectivity index (χ0n) is 12.2. The molecule has 0 saturated carbocycles. The summed E-state index contributed by atoms with van der Waals surface area (Å²) in [5, 5.41) is 3.51. The van der Waals surface area contributed by atoms with E-state index in [0.29, 0.717) is 6.04 Å². The van der Waals surface area contributed by atoms with Gasteiger partial charge in [-0.2, -0.15) is 0 Å². The quantitative estimate of drug-likeness (QED) is 0.891. The molecule has 0 spiro atoms. The summed E-state index contributed by atoms with van der Waals surface area (Å²) < 4.78 is 1.13. The molecule has 0 amide bonds. The number of nitrogens with one attached hydrogen (secondary N) is 1. The van der Waals surface area contributed by atoms with Crippen molar-refractivity contribution in [3.05, 3.63) is 28.7 Å². The van der Waals surface area contributed by atoms with Gasteiger partial charge in [-0.15, -0.1) is 0 Å². The van der Waals surface area contributed by atoms with Crippen LogP contribution in [0.25, 0.3) is 0 Å². The third-order valence-corrected chi connectivity index (χ3v) is 4.82. The number of hydrogen-bond donors (Lipinski definition) is 1. The second-order valence-electron chi connectivity index (χ2n) is 5.99. The van der Waals surface area contributed by atoms with Gasteiger partial charge in [0.1, 0.15) is 0 Å². The minimum atomic E-state index is 0.711. The fraction of sp³-hybridized carbons (Fsp3) is 0.625. The summed E-state index contributed by atoms with van der Waals surface area (Å²) in [5.41, 5.74) is 1.20. The Labute approximate surface area is 125 Å². The van der Waals surface area contributed by atoms with Crippen molar-refractivity contribution in [1.29, 1.82) is 0 Å². The maximum atomic E-state index is 3.51. The van der Waals surface area contributed by atoms with Crippen LogP contribution in [0.1, 0.15) is 27.2 Å². The lowest BCUT2D eigenvalue weighted by Crippen LogP contribution is -2.47.